The van der Waals surface area contributed by atoms with E-state index in [0.29, 0.717) is 23.2 Å². The Hall–Kier alpha value is -1.07. The van der Waals surface area contributed by atoms with Gasteiger partial charge in [0.2, 0.25) is 0 Å². The van der Waals surface area contributed by atoms with Gasteiger partial charge in [0.05, 0.1) is 14.2 Å². The molecule has 0 fully saturated rings. The molecular formula is C16H27NO3S. The minimum absolute atomic E-state index is 0.0341. The zero-order valence-corrected chi connectivity index (χ0v) is 14.6. The Labute approximate surface area is 130 Å². The largest absolute Gasteiger partial charge is 0.493 e. The Morgan fingerprint density at radius 2 is 1.76 bits per heavy atom. The first kappa shape index (κ1) is 18.0. The molecule has 0 aliphatic carbocycles. The molecule has 5 heteroatoms. The maximum Gasteiger partial charge on any atom is 0.161 e. The van der Waals surface area contributed by atoms with Crippen molar-refractivity contribution in [1.29, 1.82) is 0 Å². The van der Waals surface area contributed by atoms with E-state index in [0.717, 1.165) is 5.56 Å². The van der Waals surface area contributed by atoms with Crippen LogP contribution < -0.4 is 14.8 Å². The first-order chi connectivity index (χ1) is 9.94. The lowest BCUT2D eigenvalue weighted by Crippen LogP contribution is -2.28. The molecule has 0 aliphatic rings. The van der Waals surface area contributed by atoms with Crippen LogP contribution in [0.4, 0.5) is 0 Å². The van der Waals surface area contributed by atoms with E-state index in [1.54, 1.807) is 14.2 Å². The van der Waals surface area contributed by atoms with Crippen LogP contribution in [0.3, 0.4) is 0 Å². The van der Waals surface area contributed by atoms with Crippen molar-refractivity contribution in [2.75, 3.05) is 27.0 Å². The second-order valence-electron chi connectivity index (χ2n) is 5.45. The zero-order valence-electron chi connectivity index (χ0n) is 13.8. The third kappa shape index (κ3) is 4.71. The van der Waals surface area contributed by atoms with Crippen LogP contribution >= 0.6 is 0 Å². The zero-order chi connectivity index (χ0) is 16.0. The Bertz CT molecular complexity index is 477. The number of ether oxygens (including phenoxy) is 2. The van der Waals surface area contributed by atoms with Gasteiger partial charge in [-0.25, -0.2) is 0 Å². The van der Waals surface area contributed by atoms with E-state index >= 15 is 0 Å². The van der Waals surface area contributed by atoms with Gasteiger partial charge in [-0.3, -0.25) is 4.21 Å². The van der Waals surface area contributed by atoms with Crippen LogP contribution in [0.5, 0.6) is 11.5 Å². The molecule has 0 amide bonds. The maximum absolute atomic E-state index is 12.4. The number of hydrogen-bond acceptors (Lipinski definition) is 4. The maximum atomic E-state index is 12.4. The van der Waals surface area contributed by atoms with Crippen molar-refractivity contribution in [3.8, 4) is 11.5 Å². The highest BCUT2D eigenvalue weighted by Crippen LogP contribution is 2.30. The van der Waals surface area contributed by atoms with Gasteiger partial charge in [-0.2, -0.15) is 0 Å². The van der Waals surface area contributed by atoms with Gasteiger partial charge in [0.25, 0.3) is 0 Å². The van der Waals surface area contributed by atoms with E-state index in [9.17, 15) is 4.21 Å². The van der Waals surface area contributed by atoms with Gasteiger partial charge in [0, 0.05) is 27.8 Å². The quantitative estimate of drug-likeness (QED) is 0.802. The number of benzene rings is 1. The number of methoxy groups -OCH3 is 2. The Kier molecular flexibility index (Phi) is 7.18. The van der Waals surface area contributed by atoms with E-state index < -0.39 is 10.8 Å². The lowest BCUT2D eigenvalue weighted by atomic mass is 10.1. The van der Waals surface area contributed by atoms with Crippen molar-refractivity contribution in [3.63, 3.8) is 0 Å². The summed E-state index contributed by atoms with van der Waals surface area (Å²) in [5, 5.41) is 3.42. The van der Waals surface area contributed by atoms with E-state index in [1.807, 2.05) is 32.2 Å². The number of hydrogen-bond donors (Lipinski definition) is 1. The second-order valence-corrected chi connectivity index (χ2v) is 7.29. The first-order valence-corrected chi connectivity index (χ1v) is 8.59. The third-order valence-electron chi connectivity index (χ3n) is 3.84. The topological polar surface area (TPSA) is 47.6 Å². The van der Waals surface area contributed by atoms with Gasteiger partial charge >= 0.3 is 0 Å². The van der Waals surface area contributed by atoms with Crippen LogP contribution in [0.25, 0.3) is 0 Å². The molecule has 0 aromatic heterocycles. The second kappa shape index (κ2) is 8.39. The summed E-state index contributed by atoms with van der Waals surface area (Å²) in [5.74, 6) is 2.39. The van der Waals surface area contributed by atoms with E-state index in [1.165, 1.54) is 0 Å². The molecule has 1 N–H and O–H groups in total. The summed E-state index contributed by atoms with van der Waals surface area (Å²) in [4.78, 5) is 0. The average Bonchev–Trinajstić information content (AvgIpc) is 2.50. The van der Waals surface area contributed by atoms with E-state index in [-0.39, 0.29) is 11.3 Å². The summed E-state index contributed by atoms with van der Waals surface area (Å²) >= 11 is 0. The Balaban J connectivity index is 2.92. The van der Waals surface area contributed by atoms with Crippen LogP contribution in [0.2, 0.25) is 0 Å². The van der Waals surface area contributed by atoms with Crippen molar-refractivity contribution in [2.45, 2.75) is 32.1 Å². The molecule has 0 radical (unpaired) electrons. The predicted molar refractivity (Wildman–Crippen MR) is 88.7 cm³/mol. The highest BCUT2D eigenvalue weighted by molar-refractivity contribution is 7.85. The standard InChI is InChI=1S/C16H27NO3S/c1-11(2)12(3)21(18)10-14(17-4)13-7-8-15(19-5)16(9-13)20-6/h7-9,11-12,14,17H,10H2,1-6H3. The monoisotopic (exact) mass is 313 g/mol. The lowest BCUT2D eigenvalue weighted by Gasteiger charge is -2.21. The average molecular weight is 313 g/mol. The molecule has 1 rings (SSSR count). The summed E-state index contributed by atoms with van der Waals surface area (Å²) < 4.78 is 23.0. The Morgan fingerprint density at radius 3 is 2.24 bits per heavy atom. The molecule has 120 valence electrons. The molecular weight excluding hydrogens is 286 g/mol. The summed E-state index contributed by atoms with van der Waals surface area (Å²) in [6, 6.07) is 5.84. The van der Waals surface area contributed by atoms with E-state index in [2.05, 4.69) is 19.2 Å². The fraction of sp³-hybridized carbons (Fsp3) is 0.625. The first-order valence-electron chi connectivity index (χ1n) is 7.20. The summed E-state index contributed by atoms with van der Waals surface area (Å²) in [6.07, 6.45) is 0. The molecule has 4 nitrogen and oxygen atoms in total. The van der Waals surface area contributed by atoms with Crippen molar-refractivity contribution in [3.05, 3.63) is 23.8 Å². The highest BCUT2D eigenvalue weighted by Gasteiger charge is 2.21. The Morgan fingerprint density at radius 1 is 1.14 bits per heavy atom. The third-order valence-corrected chi connectivity index (χ3v) is 5.88. The normalized spacial score (nSPS) is 15.6. The molecule has 1 aromatic carbocycles. The predicted octanol–water partition coefficient (Wildman–Crippen LogP) is 2.76. The number of nitrogens with one attached hydrogen (secondary N) is 1. The summed E-state index contributed by atoms with van der Waals surface area (Å²) in [5.41, 5.74) is 1.06. The SMILES string of the molecule is CNC(CS(=O)C(C)C(C)C)c1ccc(OC)c(OC)c1. The van der Waals surface area contributed by atoms with Crippen molar-refractivity contribution in [1.82, 2.24) is 5.32 Å². The van der Waals surface area contributed by atoms with Crippen LogP contribution in [-0.4, -0.2) is 36.5 Å². The van der Waals surface area contributed by atoms with Gasteiger partial charge in [0.1, 0.15) is 0 Å². The van der Waals surface area contributed by atoms with Gasteiger partial charge in [-0.1, -0.05) is 26.8 Å². The van der Waals surface area contributed by atoms with Gasteiger partial charge < -0.3 is 14.8 Å². The van der Waals surface area contributed by atoms with Crippen LogP contribution in [0.15, 0.2) is 18.2 Å². The molecule has 3 atom stereocenters. The molecule has 0 spiro atoms. The van der Waals surface area contributed by atoms with Crippen LogP contribution in [-0.2, 0) is 10.8 Å². The van der Waals surface area contributed by atoms with Crippen LogP contribution in [0.1, 0.15) is 32.4 Å². The highest BCUT2D eigenvalue weighted by atomic mass is 32.2. The van der Waals surface area contributed by atoms with Crippen molar-refractivity contribution >= 4 is 10.8 Å². The van der Waals surface area contributed by atoms with Crippen molar-refractivity contribution < 1.29 is 13.7 Å². The summed E-state index contributed by atoms with van der Waals surface area (Å²) in [6.45, 7) is 6.25. The fourth-order valence-corrected chi connectivity index (χ4v) is 3.63. The van der Waals surface area contributed by atoms with Crippen molar-refractivity contribution in [2.24, 2.45) is 5.92 Å². The van der Waals surface area contributed by atoms with Crippen LogP contribution in [0, 0.1) is 5.92 Å². The van der Waals surface area contributed by atoms with Gasteiger partial charge in [-0.15, -0.1) is 0 Å². The molecule has 3 unspecified atom stereocenters. The number of rotatable bonds is 8. The molecule has 0 bridgehead atoms. The van der Waals surface area contributed by atoms with E-state index in [4.69, 9.17) is 9.47 Å². The molecule has 0 heterocycles. The molecule has 0 saturated carbocycles. The minimum Gasteiger partial charge on any atom is -0.493 e. The smallest absolute Gasteiger partial charge is 0.161 e. The van der Waals surface area contributed by atoms with Gasteiger partial charge in [0.15, 0.2) is 11.5 Å². The summed E-state index contributed by atoms with van der Waals surface area (Å²) in [7, 11) is 4.25. The molecule has 0 aliphatic heterocycles. The minimum atomic E-state index is -0.876. The molecule has 1 aromatic rings. The molecule has 21 heavy (non-hydrogen) atoms. The fourth-order valence-electron chi connectivity index (χ4n) is 2.04. The molecule has 0 saturated heterocycles. The lowest BCUT2D eigenvalue weighted by molar-refractivity contribution is 0.354. The van der Waals surface area contributed by atoms with Gasteiger partial charge in [-0.05, 0) is 30.7 Å².